The first-order valence-corrected chi connectivity index (χ1v) is 5.71. The van der Waals surface area contributed by atoms with E-state index in [4.69, 9.17) is 0 Å². The molecule has 0 unspecified atom stereocenters. The van der Waals surface area contributed by atoms with E-state index < -0.39 is 27.9 Å². The Morgan fingerprint density at radius 3 is 2.38 bits per heavy atom. The lowest BCUT2D eigenvalue weighted by atomic mass is 10.1. The second-order valence-electron chi connectivity index (χ2n) is 3.38. The maximum absolute atomic E-state index is 11.8. The van der Waals surface area contributed by atoms with Gasteiger partial charge in [0.1, 0.15) is 0 Å². The van der Waals surface area contributed by atoms with Gasteiger partial charge < -0.3 is 8.57 Å². The molecule has 7 heteroatoms. The van der Waals surface area contributed by atoms with Crippen LogP contribution in [0.3, 0.4) is 0 Å². The summed E-state index contributed by atoms with van der Waals surface area (Å²) in [6.07, 6.45) is -2.98. The number of halogens is 3. The van der Waals surface area contributed by atoms with Crippen LogP contribution in [0.2, 0.25) is 0 Å². The lowest BCUT2D eigenvalue weighted by molar-refractivity contribution is -0.169. The molecule has 0 bridgehead atoms. The zero-order chi connectivity index (χ0) is 12.9. The second-order valence-corrected chi connectivity index (χ2v) is 4.86. The predicted octanol–water partition coefficient (Wildman–Crippen LogP) is 2.82. The number of nitrogens with zero attached hydrogens (tertiary/aromatic N) is 1. The minimum absolute atomic E-state index is 0.150. The Bertz CT molecular complexity index is 345. The summed E-state index contributed by atoms with van der Waals surface area (Å²) in [5.41, 5.74) is 0. The maximum Gasteiger partial charge on any atom is 0.471 e. The summed E-state index contributed by atoms with van der Waals surface area (Å²) in [7, 11) is -2.17. The van der Waals surface area contributed by atoms with Crippen LogP contribution < -0.4 is 0 Å². The normalized spacial score (nSPS) is 17.8. The van der Waals surface area contributed by atoms with E-state index in [-0.39, 0.29) is 5.92 Å². The van der Waals surface area contributed by atoms with Gasteiger partial charge in [-0.25, -0.2) is 0 Å². The molecule has 94 valence electrons. The van der Waals surface area contributed by atoms with Gasteiger partial charge in [0.2, 0.25) is 0 Å². The van der Waals surface area contributed by atoms with Crippen molar-refractivity contribution in [2.75, 3.05) is 0 Å². The van der Waals surface area contributed by atoms with E-state index in [0.29, 0.717) is 6.42 Å². The highest BCUT2D eigenvalue weighted by Gasteiger charge is 2.37. The smallest absolute Gasteiger partial charge is 0.444 e. The molecular formula is C9H13F3NO2S-. The lowest BCUT2D eigenvalue weighted by Crippen LogP contribution is -2.22. The number of carbonyl (C=O) groups is 1. The molecule has 0 aromatic heterocycles. The fourth-order valence-electron chi connectivity index (χ4n) is 0.870. The van der Waals surface area contributed by atoms with Crippen LogP contribution >= 0.6 is 0 Å². The van der Waals surface area contributed by atoms with Gasteiger partial charge in [0.15, 0.2) is 0 Å². The van der Waals surface area contributed by atoms with Crippen LogP contribution in [0.1, 0.15) is 20.3 Å². The van der Waals surface area contributed by atoms with Crippen LogP contribution in [0.5, 0.6) is 0 Å². The van der Waals surface area contributed by atoms with Crippen molar-refractivity contribution < 1.29 is 22.2 Å². The molecule has 0 aliphatic carbocycles. The van der Waals surface area contributed by atoms with E-state index in [1.165, 1.54) is 6.92 Å². The van der Waals surface area contributed by atoms with Crippen LogP contribution in [-0.2, 0) is 19.6 Å². The van der Waals surface area contributed by atoms with E-state index in [9.17, 15) is 22.2 Å². The highest BCUT2D eigenvalue weighted by Crippen LogP contribution is 2.18. The number of amides is 1. The average Bonchev–Trinajstić information content (AvgIpc) is 2.15. The summed E-state index contributed by atoms with van der Waals surface area (Å²) in [5, 5.41) is -0.621. The van der Waals surface area contributed by atoms with E-state index in [2.05, 4.69) is 10.9 Å². The van der Waals surface area contributed by atoms with E-state index in [0.717, 1.165) is 0 Å². The molecule has 0 spiro atoms. The topological polar surface area (TPSA) is 46.5 Å². The average molecular weight is 256 g/mol. The Morgan fingerprint density at radius 1 is 1.50 bits per heavy atom. The first-order valence-electron chi connectivity index (χ1n) is 4.54. The zero-order valence-corrected chi connectivity index (χ0v) is 9.77. The molecule has 2 atom stereocenters. The molecule has 0 saturated carbocycles. The molecule has 0 aliphatic heterocycles. The minimum Gasteiger partial charge on any atom is -0.444 e. The van der Waals surface area contributed by atoms with Gasteiger partial charge >= 0.3 is 12.1 Å². The molecule has 1 amide bonds. The zero-order valence-electron chi connectivity index (χ0n) is 8.95. The molecule has 0 aromatic rings. The lowest BCUT2D eigenvalue weighted by Gasteiger charge is -2.21. The molecule has 0 radical (unpaired) electrons. The summed E-state index contributed by atoms with van der Waals surface area (Å²) in [6.45, 7) is 6.66. The third-order valence-electron chi connectivity index (χ3n) is 2.07. The van der Waals surface area contributed by atoms with Crippen LogP contribution in [0, 0.1) is 5.92 Å². The van der Waals surface area contributed by atoms with E-state index in [1.54, 1.807) is 13.0 Å². The Balaban J connectivity index is 4.74. The van der Waals surface area contributed by atoms with Gasteiger partial charge in [0.25, 0.3) is 0 Å². The monoisotopic (exact) mass is 256 g/mol. The summed E-state index contributed by atoms with van der Waals surface area (Å²) >= 11 is 0. The number of rotatable bonds is 4. The molecule has 0 N–H and O–H groups in total. The molecular weight excluding hydrogens is 243 g/mol. The fourth-order valence-corrected chi connectivity index (χ4v) is 1.81. The summed E-state index contributed by atoms with van der Waals surface area (Å²) in [6, 6.07) is 0. The third kappa shape index (κ3) is 4.78. The number of alkyl halides is 3. The van der Waals surface area contributed by atoms with E-state index >= 15 is 0 Å². The number of hydrogen-bond donors (Lipinski definition) is 0. The predicted molar refractivity (Wildman–Crippen MR) is 55.0 cm³/mol. The number of hydrogen-bond acceptors (Lipinski definition) is 3. The quantitative estimate of drug-likeness (QED) is 0.573. The van der Waals surface area contributed by atoms with Gasteiger partial charge in [0, 0.05) is 0 Å². The van der Waals surface area contributed by atoms with Gasteiger partial charge in [0.05, 0.1) is 0 Å². The molecule has 0 aromatic carbocycles. The Kier molecular flexibility index (Phi) is 5.71. The molecule has 16 heavy (non-hydrogen) atoms. The van der Waals surface area contributed by atoms with Crippen molar-refractivity contribution >= 4 is 16.5 Å². The fraction of sp³-hybridized carbons (Fsp3) is 0.667. The summed E-state index contributed by atoms with van der Waals surface area (Å²) in [5.74, 6) is -2.45. The van der Waals surface area contributed by atoms with Gasteiger partial charge in [-0.05, 0) is 6.42 Å². The first-order chi connectivity index (χ1) is 7.20. The highest BCUT2D eigenvalue weighted by atomic mass is 32.2. The van der Waals surface area contributed by atoms with Crippen molar-refractivity contribution in [3.63, 3.8) is 0 Å². The van der Waals surface area contributed by atoms with Crippen LogP contribution in [0.4, 0.5) is 13.2 Å². The molecule has 0 aliphatic rings. The van der Waals surface area contributed by atoms with Crippen molar-refractivity contribution in [1.82, 2.24) is 0 Å². The van der Waals surface area contributed by atoms with Gasteiger partial charge in [-0.3, -0.25) is 4.79 Å². The van der Waals surface area contributed by atoms with Crippen molar-refractivity contribution in [2.45, 2.75) is 31.7 Å². The SMILES string of the molecule is C=CC[C@H](C)[C@@H](C)[S-](=O)=NC(=O)C(F)(F)F. The molecule has 0 fully saturated rings. The third-order valence-corrected chi connectivity index (χ3v) is 3.52. The van der Waals surface area contributed by atoms with Gasteiger partial charge in [-0.15, -0.1) is 6.58 Å². The second kappa shape index (κ2) is 6.03. The van der Waals surface area contributed by atoms with Crippen molar-refractivity contribution in [2.24, 2.45) is 10.3 Å². The van der Waals surface area contributed by atoms with E-state index in [1.807, 2.05) is 0 Å². The van der Waals surface area contributed by atoms with Crippen molar-refractivity contribution in [1.29, 1.82) is 0 Å². The number of carbonyl (C=O) groups excluding carboxylic acids is 1. The molecule has 0 saturated heterocycles. The largest absolute Gasteiger partial charge is 0.471 e. The maximum atomic E-state index is 11.8. The van der Waals surface area contributed by atoms with Gasteiger partial charge in [-0.1, -0.05) is 31.1 Å². The van der Waals surface area contributed by atoms with Gasteiger partial charge in [-0.2, -0.15) is 23.8 Å². The summed E-state index contributed by atoms with van der Waals surface area (Å²) in [4.78, 5) is 10.5. The highest BCUT2D eigenvalue weighted by molar-refractivity contribution is 7.75. The molecule has 0 rings (SSSR count). The minimum atomic E-state index is -5.06. The van der Waals surface area contributed by atoms with Crippen LogP contribution in [-0.4, -0.2) is 17.3 Å². The summed E-state index contributed by atoms with van der Waals surface area (Å²) < 4.78 is 49.4. The first kappa shape index (κ1) is 15.2. The molecule has 3 nitrogen and oxygen atoms in total. The van der Waals surface area contributed by atoms with Crippen LogP contribution in [0.25, 0.3) is 0 Å². The van der Waals surface area contributed by atoms with Crippen molar-refractivity contribution in [3.8, 4) is 0 Å². The molecule has 0 heterocycles. The Labute approximate surface area is 93.9 Å². The standard InChI is InChI=1S/C9H13F3NO2S/c1-4-5-6(2)7(3)16(15)13-8(14)9(10,11)12/h4,6-7H,1,5H2,2-3H3/q-1/t6-,7+/m0/s1. The number of allylic oxidation sites excluding steroid dienone is 1. The Morgan fingerprint density at radius 2 is 2.00 bits per heavy atom. The van der Waals surface area contributed by atoms with Crippen LogP contribution in [0.15, 0.2) is 17.0 Å². The van der Waals surface area contributed by atoms with Crippen molar-refractivity contribution in [3.05, 3.63) is 12.7 Å². The Hall–Kier alpha value is -0.850.